The summed E-state index contributed by atoms with van der Waals surface area (Å²) in [6, 6.07) is 5.77. The largest absolute Gasteiger partial charge is 0.508 e. The molecule has 2 rings (SSSR count). The number of halogens is 1. The van der Waals surface area contributed by atoms with Gasteiger partial charge in [-0.2, -0.15) is 11.3 Å². The second-order valence-corrected chi connectivity index (χ2v) is 4.36. The minimum Gasteiger partial charge on any atom is -0.508 e. The molecule has 0 fully saturated rings. The normalized spacial score (nSPS) is 12.4. The van der Waals surface area contributed by atoms with Crippen molar-refractivity contribution in [1.29, 1.82) is 0 Å². The molecule has 1 aromatic carbocycles. The van der Waals surface area contributed by atoms with Crippen LogP contribution in [0.3, 0.4) is 0 Å². The summed E-state index contributed by atoms with van der Waals surface area (Å²) in [7, 11) is 0. The minimum absolute atomic E-state index is 0.108. The van der Waals surface area contributed by atoms with Crippen molar-refractivity contribution in [3.05, 3.63) is 46.4 Å². The highest BCUT2D eigenvalue weighted by Gasteiger charge is 2.11. The van der Waals surface area contributed by atoms with Crippen LogP contribution in [0.25, 0.3) is 0 Å². The molecular formula is C12H12FNOS. The van der Waals surface area contributed by atoms with Crippen LogP contribution in [0.15, 0.2) is 35.0 Å². The molecule has 0 aliphatic heterocycles. The van der Waals surface area contributed by atoms with Crippen molar-refractivity contribution in [3.8, 4) is 5.75 Å². The number of aromatic hydroxyl groups is 1. The van der Waals surface area contributed by atoms with E-state index in [0.717, 1.165) is 5.69 Å². The van der Waals surface area contributed by atoms with Crippen LogP contribution < -0.4 is 5.32 Å². The predicted molar refractivity (Wildman–Crippen MR) is 64.4 cm³/mol. The van der Waals surface area contributed by atoms with E-state index in [0.29, 0.717) is 5.56 Å². The summed E-state index contributed by atoms with van der Waals surface area (Å²) in [6.45, 7) is 1.88. The first kappa shape index (κ1) is 11.0. The van der Waals surface area contributed by atoms with Gasteiger partial charge in [0.25, 0.3) is 0 Å². The molecule has 0 aliphatic rings. The van der Waals surface area contributed by atoms with Crippen molar-refractivity contribution >= 4 is 17.0 Å². The van der Waals surface area contributed by atoms with E-state index in [1.165, 1.54) is 18.2 Å². The zero-order valence-corrected chi connectivity index (χ0v) is 9.59. The highest BCUT2D eigenvalue weighted by Crippen LogP contribution is 2.28. The van der Waals surface area contributed by atoms with Gasteiger partial charge in [0, 0.05) is 16.6 Å². The lowest BCUT2D eigenvalue weighted by Crippen LogP contribution is -2.06. The Hall–Kier alpha value is -1.55. The molecule has 0 amide bonds. The fourth-order valence-electron chi connectivity index (χ4n) is 1.55. The molecule has 1 unspecified atom stereocenters. The van der Waals surface area contributed by atoms with E-state index in [1.807, 2.05) is 23.8 Å². The van der Waals surface area contributed by atoms with Gasteiger partial charge in [0.1, 0.15) is 11.6 Å². The van der Waals surface area contributed by atoms with Gasteiger partial charge in [-0.25, -0.2) is 4.39 Å². The quantitative estimate of drug-likeness (QED) is 0.851. The van der Waals surface area contributed by atoms with Crippen molar-refractivity contribution in [1.82, 2.24) is 0 Å². The van der Waals surface area contributed by atoms with Gasteiger partial charge in [-0.3, -0.25) is 0 Å². The Morgan fingerprint density at radius 1 is 1.38 bits per heavy atom. The van der Waals surface area contributed by atoms with E-state index >= 15 is 0 Å². The number of nitrogens with one attached hydrogen (secondary N) is 1. The topological polar surface area (TPSA) is 32.3 Å². The third-order valence-electron chi connectivity index (χ3n) is 2.36. The molecule has 1 aromatic heterocycles. The summed E-state index contributed by atoms with van der Waals surface area (Å²) in [5.41, 5.74) is 1.53. The van der Waals surface area contributed by atoms with E-state index in [1.54, 1.807) is 11.3 Å². The summed E-state index contributed by atoms with van der Waals surface area (Å²) in [5.74, 6) is -0.233. The minimum atomic E-state index is -0.341. The maximum Gasteiger partial charge on any atom is 0.123 e. The second kappa shape index (κ2) is 4.53. The molecule has 4 heteroatoms. The van der Waals surface area contributed by atoms with Crippen LogP contribution in [-0.4, -0.2) is 5.11 Å². The average molecular weight is 237 g/mol. The average Bonchev–Trinajstić information content (AvgIpc) is 2.74. The van der Waals surface area contributed by atoms with Gasteiger partial charge in [-0.15, -0.1) is 0 Å². The fourth-order valence-corrected chi connectivity index (χ4v) is 2.14. The first-order valence-corrected chi connectivity index (χ1v) is 5.88. The van der Waals surface area contributed by atoms with Crippen LogP contribution >= 0.6 is 11.3 Å². The Labute approximate surface area is 97.4 Å². The Bertz CT molecular complexity index is 470. The molecule has 0 bridgehead atoms. The van der Waals surface area contributed by atoms with E-state index < -0.39 is 0 Å². The smallest absolute Gasteiger partial charge is 0.123 e. The molecule has 2 aromatic rings. The number of benzene rings is 1. The SMILES string of the molecule is CC(Nc1ccsc1)c1cc(F)ccc1O. The van der Waals surface area contributed by atoms with Crippen molar-refractivity contribution < 1.29 is 9.50 Å². The zero-order valence-electron chi connectivity index (χ0n) is 8.77. The number of rotatable bonds is 3. The van der Waals surface area contributed by atoms with Crippen LogP contribution in [0.1, 0.15) is 18.5 Å². The van der Waals surface area contributed by atoms with Crippen LogP contribution in [-0.2, 0) is 0 Å². The molecule has 1 heterocycles. The third kappa shape index (κ3) is 2.33. The third-order valence-corrected chi connectivity index (χ3v) is 3.04. The summed E-state index contributed by atoms with van der Waals surface area (Å²) in [6.07, 6.45) is 0. The maximum atomic E-state index is 13.0. The number of phenols is 1. The van der Waals surface area contributed by atoms with Crippen molar-refractivity contribution in [2.24, 2.45) is 0 Å². The maximum absolute atomic E-state index is 13.0. The van der Waals surface area contributed by atoms with Crippen LogP contribution in [0.4, 0.5) is 10.1 Å². The summed E-state index contributed by atoms with van der Waals surface area (Å²) in [4.78, 5) is 0. The van der Waals surface area contributed by atoms with Crippen LogP contribution in [0.2, 0.25) is 0 Å². The lowest BCUT2D eigenvalue weighted by atomic mass is 10.1. The second-order valence-electron chi connectivity index (χ2n) is 3.58. The molecule has 0 aliphatic carbocycles. The number of hydrogen-bond donors (Lipinski definition) is 2. The Morgan fingerprint density at radius 3 is 2.88 bits per heavy atom. The van der Waals surface area contributed by atoms with Gasteiger partial charge in [0.2, 0.25) is 0 Å². The van der Waals surface area contributed by atoms with Crippen LogP contribution in [0, 0.1) is 5.82 Å². The number of anilines is 1. The first-order chi connectivity index (χ1) is 7.66. The molecule has 84 valence electrons. The molecule has 0 saturated heterocycles. The highest BCUT2D eigenvalue weighted by atomic mass is 32.1. The van der Waals surface area contributed by atoms with Crippen molar-refractivity contribution in [3.63, 3.8) is 0 Å². The van der Waals surface area contributed by atoms with E-state index in [-0.39, 0.29) is 17.6 Å². The molecule has 0 radical (unpaired) electrons. The summed E-state index contributed by atoms with van der Waals surface area (Å²) in [5, 5.41) is 16.7. The van der Waals surface area contributed by atoms with Gasteiger partial charge in [0.05, 0.1) is 6.04 Å². The van der Waals surface area contributed by atoms with Crippen molar-refractivity contribution in [2.45, 2.75) is 13.0 Å². The zero-order chi connectivity index (χ0) is 11.5. The van der Waals surface area contributed by atoms with Gasteiger partial charge in [-0.05, 0) is 36.6 Å². The molecular weight excluding hydrogens is 225 g/mol. The Kier molecular flexibility index (Phi) is 3.10. The number of phenolic OH excluding ortho intramolecular Hbond substituents is 1. The van der Waals surface area contributed by atoms with Gasteiger partial charge in [0.15, 0.2) is 0 Å². The number of hydrogen-bond acceptors (Lipinski definition) is 3. The lowest BCUT2D eigenvalue weighted by Gasteiger charge is -2.15. The lowest BCUT2D eigenvalue weighted by molar-refractivity contribution is 0.462. The van der Waals surface area contributed by atoms with Crippen molar-refractivity contribution in [2.75, 3.05) is 5.32 Å². The van der Waals surface area contributed by atoms with Gasteiger partial charge < -0.3 is 10.4 Å². The number of thiophene rings is 1. The fraction of sp³-hybridized carbons (Fsp3) is 0.167. The highest BCUT2D eigenvalue weighted by molar-refractivity contribution is 7.08. The standard InChI is InChI=1S/C12H12FNOS/c1-8(14-10-4-5-16-7-10)11-6-9(13)2-3-12(11)15/h2-8,14-15H,1H3. The van der Waals surface area contributed by atoms with Gasteiger partial charge in [-0.1, -0.05) is 0 Å². The molecule has 2 N–H and O–H groups in total. The Balaban J connectivity index is 2.20. The molecule has 2 nitrogen and oxygen atoms in total. The monoisotopic (exact) mass is 237 g/mol. The Morgan fingerprint density at radius 2 is 2.19 bits per heavy atom. The van der Waals surface area contributed by atoms with E-state index in [2.05, 4.69) is 5.32 Å². The summed E-state index contributed by atoms with van der Waals surface area (Å²) < 4.78 is 13.0. The molecule has 16 heavy (non-hydrogen) atoms. The molecule has 1 atom stereocenters. The van der Waals surface area contributed by atoms with E-state index in [9.17, 15) is 9.50 Å². The van der Waals surface area contributed by atoms with Crippen LogP contribution in [0.5, 0.6) is 5.75 Å². The molecule has 0 saturated carbocycles. The summed E-state index contributed by atoms with van der Waals surface area (Å²) >= 11 is 1.59. The first-order valence-electron chi connectivity index (χ1n) is 4.94. The van der Waals surface area contributed by atoms with E-state index in [4.69, 9.17) is 0 Å². The van der Waals surface area contributed by atoms with Gasteiger partial charge >= 0.3 is 0 Å². The predicted octanol–water partition coefficient (Wildman–Crippen LogP) is 3.77. The molecule has 0 spiro atoms.